The third-order valence-electron chi connectivity index (χ3n) is 1.72. The first-order valence-corrected chi connectivity index (χ1v) is 5.67. The number of amides is 1. The number of nitrogens with zero attached hydrogens (tertiary/aromatic N) is 1. The van der Waals surface area contributed by atoms with Crippen molar-refractivity contribution in [1.82, 2.24) is 9.88 Å². The lowest BCUT2D eigenvalue weighted by atomic mass is 10.4. The third-order valence-corrected chi connectivity index (χ3v) is 2.47. The minimum Gasteiger partial charge on any atom is -0.347 e. The molecule has 3 nitrogen and oxygen atoms in total. The molecule has 0 aliphatic heterocycles. The van der Waals surface area contributed by atoms with Gasteiger partial charge in [-0.05, 0) is 28.1 Å². The van der Waals surface area contributed by atoms with Gasteiger partial charge in [0.25, 0.3) is 5.91 Å². The molecule has 1 aromatic heterocycles. The van der Waals surface area contributed by atoms with E-state index in [-0.39, 0.29) is 10.4 Å². The molecule has 0 atom stereocenters. The van der Waals surface area contributed by atoms with Gasteiger partial charge in [0.15, 0.2) is 0 Å². The zero-order valence-corrected chi connectivity index (χ0v) is 11.0. The van der Waals surface area contributed by atoms with Crippen LogP contribution in [0.4, 0.5) is 0 Å². The molecule has 1 heterocycles. The number of aromatic nitrogens is 1. The highest BCUT2D eigenvalue weighted by Crippen LogP contribution is 2.13. The zero-order chi connectivity index (χ0) is 11.4. The van der Waals surface area contributed by atoms with Crippen LogP contribution in [-0.4, -0.2) is 17.0 Å². The van der Waals surface area contributed by atoms with Crippen molar-refractivity contribution in [2.75, 3.05) is 6.54 Å². The summed E-state index contributed by atoms with van der Waals surface area (Å²) in [5, 5.41) is 2.66. The lowest BCUT2D eigenvalue weighted by molar-refractivity contribution is 0.0950. The molecule has 1 N–H and O–H groups in total. The third kappa shape index (κ3) is 3.89. The highest BCUT2D eigenvalue weighted by molar-refractivity contribution is 9.10. The number of hydrogen-bond donors (Lipinski definition) is 1. The number of aryl methyl sites for hydroxylation is 1. The van der Waals surface area contributed by atoms with Crippen LogP contribution in [0.3, 0.4) is 0 Å². The molecule has 82 valence electrons. The van der Waals surface area contributed by atoms with Crippen LogP contribution in [-0.2, 0) is 7.05 Å². The topological polar surface area (TPSA) is 34.0 Å². The molecule has 0 radical (unpaired) electrons. The van der Waals surface area contributed by atoms with Crippen LogP contribution in [0.5, 0.6) is 0 Å². The predicted molar refractivity (Wildman–Crippen MR) is 65.2 cm³/mol. The second kappa shape index (κ2) is 5.58. The monoisotopic (exact) mass is 310 g/mol. The Balaban J connectivity index is 2.62. The van der Waals surface area contributed by atoms with Crippen molar-refractivity contribution < 1.29 is 4.79 Å². The molecular formula is C9H9BrCl2N2O. The van der Waals surface area contributed by atoms with Crippen molar-refractivity contribution in [3.8, 4) is 0 Å². The van der Waals surface area contributed by atoms with E-state index in [9.17, 15) is 4.79 Å². The molecule has 0 unspecified atom stereocenters. The van der Waals surface area contributed by atoms with Crippen molar-refractivity contribution in [3.63, 3.8) is 0 Å². The largest absolute Gasteiger partial charge is 0.347 e. The van der Waals surface area contributed by atoms with E-state index < -0.39 is 0 Å². The zero-order valence-electron chi connectivity index (χ0n) is 7.93. The van der Waals surface area contributed by atoms with Gasteiger partial charge in [0.1, 0.15) is 10.2 Å². The Morgan fingerprint density at radius 1 is 1.67 bits per heavy atom. The van der Waals surface area contributed by atoms with Gasteiger partial charge in [-0.15, -0.1) is 0 Å². The molecule has 1 rings (SSSR count). The molecule has 0 aromatic carbocycles. The Labute approximate surface area is 106 Å². The Morgan fingerprint density at radius 2 is 2.33 bits per heavy atom. The molecule has 0 fully saturated rings. The van der Waals surface area contributed by atoms with Gasteiger partial charge in [-0.25, -0.2) is 0 Å². The predicted octanol–water partition coefficient (Wildman–Crippen LogP) is 2.84. The van der Waals surface area contributed by atoms with E-state index in [1.54, 1.807) is 23.9 Å². The Kier molecular flexibility index (Phi) is 4.70. The molecule has 1 amide bonds. The molecule has 0 aliphatic carbocycles. The smallest absolute Gasteiger partial charge is 0.268 e. The number of carbonyl (C=O) groups is 1. The normalized spacial score (nSPS) is 9.87. The fourth-order valence-electron chi connectivity index (χ4n) is 1.06. The van der Waals surface area contributed by atoms with Crippen molar-refractivity contribution in [1.29, 1.82) is 0 Å². The van der Waals surface area contributed by atoms with Gasteiger partial charge in [-0.3, -0.25) is 4.79 Å². The fraction of sp³-hybridized carbons (Fsp3) is 0.222. The molecule has 15 heavy (non-hydrogen) atoms. The second-order valence-corrected chi connectivity index (χ2v) is 4.78. The number of halogens is 3. The summed E-state index contributed by atoms with van der Waals surface area (Å²) < 4.78 is 2.73. The molecule has 0 spiro atoms. The van der Waals surface area contributed by atoms with Gasteiger partial charge < -0.3 is 9.88 Å². The first-order valence-electron chi connectivity index (χ1n) is 4.12. The Hall–Kier alpha value is -0.450. The van der Waals surface area contributed by atoms with Crippen molar-refractivity contribution in [3.05, 3.63) is 33.0 Å². The summed E-state index contributed by atoms with van der Waals surface area (Å²) >= 11 is 14.1. The standard InChI is InChI=1S/C9H9BrCl2N2O/c1-14-5-6(10)4-7(14)9(15)13-3-2-8(11)12/h2,4-5H,3H2,1H3,(H,13,15). The van der Waals surface area contributed by atoms with Crippen molar-refractivity contribution in [2.24, 2.45) is 7.05 Å². The summed E-state index contributed by atoms with van der Waals surface area (Å²) in [5.41, 5.74) is 0.570. The molecule has 6 heteroatoms. The summed E-state index contributed by atoms with van der Waals surface area (Å²) in [6.45, 7) is 0.309. The van der Waals surface area contributed by atoms with Crippen LogP contribution < -0.4 is 5.32 Å². The van der Waals surface area contributed by atoms with Crippen LogP contribution in [0.15, 0.2) is 27.3 Å². The molecule has 1 aromatic rings. The van der Waals surface area contributed by atoms with Gasteiger partial charge in [-0.2, -0.15) is 0 Å². The van der Waals surface area contributed by atoms with E-state index in [2.05, 4.69) is 21.2 Å². The maximum Gasteiger partial charge on any atom is 0.268 e. The highest BCUT2D eigenvalue weighted by Gasteiger charge is 2.09. The quantitative estimate of drug-likeness (QED) is 0.915. The maximum absolute atomic E-state index is 11.6. The fourth-order valence-corrected chi connectivity index (χ4v) is 1.74. The summed E-state index contributed by atoms with van der Waals surface area (Å²) in [5.74, 6) is -0.172. The number of hydrogen-bond acceptors (Lipinski definition) is 1. The lowest BCUT2D eigenvalue weighted by Crippen LogP contribution is -2.25. The minimum atomic E-state index is -0.172. The number of rotatable bonds is 3. The van der Waals surface area contributed by atoms with E-state index in [0.717, 1.165) is 4.47 Å². The van der Waals surface area contributed by atoms with E-state index in [4.69, 9.17) is 23.2 Å². The Morgan fingerprint density at radius 3 is 2.80 bits per heavy atom. The number of carbonyl (C=O) groups excluding carboxylic acids is 1. The van der Waals surface area contributed by atoms with Gasteiger partial charge in [0, 0.05) is 24.3 Å². The van der Waals surface area contributed by atoms with Crippen molar-refractivity contribution >= 4 is 45.0 Å². The summed E-state index contributed by atoms with van der Waals surface area (Å²) in [6.07, 6.45) is 3.32. The maximum atomic E-state index is 11.6. The van der Waals surface area contributed by atoms with Gasteiger partial charge >= 0.3 is 0 Å². The van der Waals surface area contributed by atoms with E-state index >= 15 is 0 Å². The lowest BCUT2D eigenvalue weighted by Gasteiger charge is -2.02. The molecule has 0 bridgehead atoms. The van der Waals surface area contributed by atoms with E-state index in [1.807, 2.05) is 0 Å². The Bertz CT molecular complexity index is 397. The average Bonchev–Trinajstić information content (AvgIpc) is 2.44. The molecular weight excluding hydrogens is 303 g/mol. The summed E-state index contributed by atoms with van der Waals surface area (Å²) in [4.78, 5) is 11.6. The van der Waals surface area contributed by atoms with Crippen LogP contribution in [0.25, 0.3) is 0 Å². The van der Waals surface area contributed by atoms with Crippen LogP contribution in [0.1, 0.15) is 10.5 Å². The summed E-state index contributed by atoms with van der Waals surface area (Å²) in [6, 6.07) is 1.74. The van der Waals surface area contributed by atoms with Crippen LogP contribution >= 0.6 is 39.1 Å². The van der Waals surface area contributed by atoms with Crippen LogP contribution in [0.2, 0.25) is 0 Å². The van der Waals surface area contributed by atoms with Gasteiger partial charge in [0.2, 0.25) is 0 Å². The molecule has 0 saturated heterocycles. The molecule has 0 saturated carbocycles. The van der Waals surface area contributed by atoms with E-state index in [0.29, 0.717) is 12.2 Å². The van der Waals surface area contributed by atoms with Gasteiger partial charge in [-0.1, -0.05) is 23.2 Å². The summed E-state index contributed by atoms with van der Waals surface area (Å²) in [7, 11) is 1.80. The second-order valence-electron chi connectivity index (χ2n) is 2.86. The van der Waals surface area contributed by atoms with E-state index in [1.165, 1.54) is 6.08 Å². The van der Waals surface area contributed by atoms with Crippen molar-refractivity contribution in [2.45, 2.75) is 0 Å². The molecule has 0 aliphatic rings. The number of nitrogens with one attached hydrogen (secondary N) is 1. The average molecular weight is 312 g/mol. The van der Waals surface area contributed by atoms with Crippen LogP contribution in [0, 0.1) is 0 Å². The minimum absolute atomic E-state index is 0.142. The highest BCUT2D eigenvalue weighted by atomic mass is 79.9. The SMILES string of the molecule is Cn1cc(Br)cc1C(=O)NCC=C(Cl)Cl. The first-order chi connectivity index (χ1) is 7.00. The van der Waals surface area contributed by atoms with Gasteiger partial charge in [0.05, 0.1) is 0 Å². The first kappa shape index (κ1) is 12.6.